The summed E-state index contributed by atoms with van der Waals surface area (Å²) in [6.07, 6.45) is 1.08. The van der Waals surface area contributed by atoms with E-state index in [1.807, 2.05) is 18.2 Å². The molecule has 0 spiro atoms. The second kappa shape index (κ2) is 5.75. The molecule has 1 aromatic rings. The van der Waals surface area contributed by atoms with Crippen molar-refractivity contribution in [1.29, 1.82) is 0 Å². The normalized spacial score (nSPS) is 12.6. The smallest absolute Gasteiger partial charge is 0.123 e. The summed E-state index contributed by atoms with van der Waals surface area (Å²) in [7, 11) is 0. The second-order valence-electron chi connectivity index (χ2n) is 6.69. The zero-order chi connectivity index (χ0) is 13.8. The molecule has 1 rings (SSSR count). The Bertz CT molecular complexity index is 375. The van der Waals surface area contributed by atoms with Gasteiger partial charge in [0, 0.05) is 0 Å². The van der Waals surface area contributed by atoms with Gasteiger partial charge in [-0.25, -0.2) is 0 Å². The summed E-state index contributed by atoms with van der Waals surface area (Å²) < 4.78 is 5.64. The molecule has 0 aromatic heterocycles. The fraction of sp³-hybridized carbons (Fsp3) is 0.625. The van der Waals surface area contributed by atoms with E-state index >= 15 is 0 Å². The first-order chi connectivity index (χ1) is 8.26. The monoisotopic (exact) mass is 250 g/mol. The highest BCUT2D eigenvalue weighted by Crippen LogP contribution is 2.40. The lowest BCUT2D eigenvalue weighted by Gasteiger charge is -2.34. The van der Waals surface area contributed by atoms with E-state index < -0.39 is 0 Å². The van der Waals surface area contributed by atoms with Crippen LogP contribution >= 0.6 is 0 Å². The number of rotatable bonds is 5. The molecule has 0 aliphatic carbocycles. The Balaban J connectivity index is 2.99. The van der Waals surface area contributed by atoms with Crippen molar-refractivity contribution in [2.24, 2.45) is 5.41 Å². The van der Waals surface area contributed by atoms with Crippen molar-refractivity contribution < 1.29 is 9.84 Å². The van der Waals surface area contributed by atoms with E-state index in [-0.39, 0.29) is 17.4 Å². The highest BCUT2D eigenvalue weighted by Gasteiger charge is 2.29. The summed E-state index contributed by atoms with van der Waals surface area (Å²) in [5.41, 5.74) is 1.55. The van der Waals surface area contributed by atoms with Crippen LogP contribution in [-0.2, 0) is 5.41 Å². The summed E-state index contributed by atoms with van der Waals surface area (Å²) in [5, 5.41) is 8.88. The Hall–Kier alpha value is -1.02. The molecule has 0 heterocycles. The van der Waals surface area contributed by atoms with Crippen molar-refractivity contribution in [3.8, 4) is 5.75 Å². The number of aliphatic hydroxyl groups excluding tert-OH is 1. The Morgan fingerprint density at radius 3 is 2.22 bits per heavy atom. The number of benzene rings is 1. The molecule has 0 aliphatic rings. The van der Waals surface area contributed by atoms with Crippen LogP contribution in [0.3, 0.4) is 0 Å². The van der Waals surface area contributed by atoms with Crippen LogP contribution in [0.25, 0.3) is 0 Å². The predicted molar refractivity (Wildman–Crippen MR) is 76.1 cm³/mol. The molecule has 1 N–H and O–H groups in total. The molecule has 2 nitrogen and oxygen atoms in total. The van der Waals surface area contributed by atoms with Gasteiger partial charge in [0.2, 0.25) is 0 Å². The zero-order valence-corrected chi connectivity index (χ0v) is 12.3. The van der Waals surface area contributed by atoms with Crippen molar-refractivity contribution in [1.82, 2.24) is 0 Å². The van der Waals surface area contributed by atoms with Crippen molar-refractivity contribution in [3.63, 3.8) is 0 Å². The Morgan fingerprint density at radius 1 is 1.06 bits per heavy atom. The van der Waals surface area contributed by atoms with Crippen LogP contribution in [0.15, 0.2) is 24.3 Å². The van der Waals surface area contributed by atoms with E-state index in [1.165, 1.54) is 5.56 Å². The fourth-order valence-corrected chi connectivity index (χ4v) is 2.73. The molecule has 0 saturated heterocycles. The van der Waals surface area contributed by atoms with E-state index in [1.54, 1.807) is 0 Å². The van der Waals surface area contributed by atoms with E-state index in [9.17, 15) is 0 Å². The van der Waals surface area contributed by atoms with Gasteiger partial charge in [-0.15, -0.1) is 0 Å². The van der Waals surface area contributed by atoms with Crippen molar-refractivity contribution in [3.05, 3.63) is 29.8 Å². The number of para-hydroxylation sites is 1. The SMILES string of the molecule is CC(C)(C)CC(C)(C)c1ccccc1OCCO. The topological polar surface area (TPSA) is 29.5 Å². The third-order valence-corrected chi connectivity index (χ3v) is 2.94. The number of ether oxygens (including phenoxy) is 1. The van der Waals surface area contributed by atoms with E-state index in [4.69, 9.17) is 9.84 Å². The molecule has 0 aliphatic heterocycles. The van der Waals surface area contributed by atoms with E-state index in [2.05, 4.69) is 40.7 Å². The largest absolute Gasteiger partial charge is 0.491 e. The summed E-state index contributed by atoms with van der Waals surface area (Å²) >= 11 is 0. The van der Waals surface area contributed by atoms with Crippen LogP contribution in [-0.4, -0.2) is 18.3 Å². The maximum Gasteiger partial charge on any atom is 0.123 e. The van der Waals surface area contributed by atoms with Crippen molar-refractivity contribution in [2.75, 3.05) is 13.2 Å². The molecule has 0 atom stereocenters. The summed E-state index contributed by atoms with van der Waals surface area (Å²) in [5.74, 6) is 0.890. The number of hydrogen-bond donors (Lipinski definition) is 1. The van der Waals surface area contributed by atoms with Crippen molar-refractivity contribution in [2.45, 2.75) is 46.5 Å². The van der Waals surface area contributed by atoms with Gasteiger partial charge in [0.15, 0.2) is 0 Å². The molecule has 2 heteroatoms. The van der Waals surface area contributed by atoms with Gasteiger partial charge in [-0.05, 0) is 28.9 Å². The first-order valence-corrected chi connectivity index (χ1v) is 6.59. The average Bonchev–Trinajstić information content (AvgIpc) is 2.23. The molecular weight excluding hydrogens is 224 g/mol. The molecule has 0 fully saturated rings. The maximum absolute atomic E-state index is 8.88. The van der Waals surface area contributed by atoms with Crippen LogP contribution in [0.1, 0.15) is 46.6 Å². The van der Waals surface area contributed by atoms with Gasteiger partial charge in [0.25, 0.3) is 0 Å². The Labute approximate surface area is 111 Å². The van der Waals surface area contributed by atoms with Crippen LogP contribution in [0.4, 0.5) is 0 Å². The van der Waals surface area contributed by atoms with Gasteiger partial charge in [-0.3, -0.25) is 0 Å². The van der Waals surface area contributed by atoms with Gasteiger partial charge in [0.05, 0.1) is 6.61 Å². The van der Waals surface area contributed by atoms with Crippen LogP contribution in [0.5, 0.6) is 5.75 Å². The van der Waals surface area contributed by atoms with Gasteiger partial charge in [-0.2, -0.15) is 0 Å². The third kappa shape index (κ3) is 4.34. The predicted octanol–water partition coefficient (Wildman–Crippen LogP) is 3.77. The molecule has 1 aromatic carbocycles. The summed E-state index contributed by atoms with van der Waals surface area (Å²) in [6.45, 7) is 11.7. The van der Waals surface area contributed by atoms with Crippen LogP contribution < -0.4 is 4.74 Å². The molecule has 0 amide bonds. The van der Waals surface area contributed by atoms with E-state index in [0.717, 1.165) is 12.2 Å². The van der Waals surface area contributed by atoms with Crippen LogP contribution in [0.2, 0.25) is 0 Å². The third-order valence-electron chi connectivity index (χ3n) is 2.94. The standard InChI is InChI=1S/C16H26O2/c1-15(2,3)12-16(4,5)13-8-6-7-9-14(13)18-11-10-17/h6-9,17H,10-12H2,1-5H3. The lowest BCUT2D eigenvalue weighted by atomic mass is 9.72. The highest BCUT2D eigenvalue weighted by atomic mass is 16.5. The Kier molecular flexibility index (Phi) is 4.80. The highest BCUT2D eigenvalue weighted by molar-refractivity contribution is 5.39. The average molecular weight is 250 g/mol. The minimum atomic E-state index is 0.0496. The van der Waals surface area contributed by atoms with Gasteiger partial charge < -0.3 is 9.84 Å². The minimum absolute atomic E-state index is 0.0496. The molecule has 18 heavy (non-hydrogen) atoms. The quantitative estimate of drug-likeness (QED) is 0.862. The molecule has 0 saturated carbocycles. The molecule has 102 valence electrons. The van der Waals surface area contributed by atoms with Gasteiger partial charge >= 0.3 is 0 Å². The van der Waals surface area contributed by atoms with Crippen molar-refractivity contribution >= 4 is 0 Å². The zero-order valence-electron chi connectivity index (χ0n) is 12.3. The number of hydrogen-bond acceptors (Lipinski definition) is 2. The minimum Gasteiger partial charge on any atom is -0.491 e. The first-order valence-electron chi connectivity index (χ1n) is 6.59. The summed E-state index contributed by atoms with van der Waals surface area (Å²) in [6, 6.07) is 8.13. The van der Waals surface area contributed by atoms with Gasteiger partial charge in [0.1, 0.15) is 12.4 Å². The first kappa shape index (κ1) is 15.0. The maximum atomic E-state index is 8.88. The molecule has 0 bridgehead atoms. The lowest BCUT2D eigenvalue weighted by molar-refractivity contribution is 0.196. The number of aliphatic hydroxyl groups is 1. The fourth-order valence-electron chi connectivity index (χ4n) is 2.73. The van der Waals surface area contributed by atoms with Crippen LogP contribution in [0, 0.1) is 5.41 Å². The molecule has 0 unspecified atom stereocenters. The summed E-state index contributed by atoms with van der Waals surface area (Å²) in [4.78, 5) is 0. The van der Waals surface area contributed by atoms with Gasteiger partial charge in [-0.1, -0.05) is 52.8 Å². The second-order valence-corrected chi connectivity index (χ2v) is 6.69. The van der Waals surface area contributed by atoms with E-state index in [0.29, 0.717) is 6.61 Å². The molecule has 0 radical (unpaired) electrons. The Morgan fingerprint density at radius 2 is 1.67 bits per heavy atom. The molecular formula is C16H26O2. The lowest BCUT2D eigenvalue weighted by Crippen LogP contribution is -2.25.